The Bertz CT molecular complexity index is 997. The van der Waals surface area contributed by atoms with Crippen molar-refractivity contribution in [1.82, 2.24) is 19.9 Å². The molecule has 6 nitrogen and oxygen atoms in total. The minimum absolute atomic E-state index is 0.0590. The number of rotatable bonds is 6. The summed E-state index contributed by atoms with van der Waals surface area (Å²) in [6.07, 6.45) is 2.52. The molecule has 3 aromatic rings. The Kier molecular flexibility index (Phi) is 5.41. The monoisotopic (exact) mass is 395 g/mol. The number of H-pyrrole nitrogens is 1. The second-order valence-electron chi connectivity index (χ2n) is 5.56. The Morgan fingerprint density at radius 2 is 1.89 bits per heavy atom. The van der Waals surface area contributed by atoms with Crippen molar-refractivity contribution < 1.29 is 13.2 Å². The maximum absolute atomic E-state index is 14.2. The lowest BCUT2D eigenvalue weighted by Gasteiger charge is -2.16. The van der Waals surface area contributed by atoms with E-state index in [1.165, 1.54) is 42.7 Å². The van der Waals surface area contributed by atoms with Gasteiger partial charge in [-0.3, -0.25) is 14.8 Å². The molecule has 0 unspecified atom stereocenters. The molecule has 0 bridgehead atoms. The first-order valence-corrected chi connectivity index (χ1v) is 8.16. The van der Waals surface area contributed by atoms with Crippen LogP contribution in [0, 0.1) is 5.82 Å². The summed E-state index contributed by atoms with van der Waals surface area (Å²) in [6.45, 7) is -0.904. The van der Waals surface area contributed by atoms with E-state index in [4.69, 9.17) is 11.6 Å². The molecule has 0 aliphatic heterocycles. The molecule has 3 aromatic heterocycles. The Balaban J connectivity index is 1.82. The van der Waals surface area contributed by atoms with E-state index in [1.54, 1.807) is 0 Å². The Morgan fingerprint density at radius 1 is 1.11 bits per heavy atom. The average molecular weight is 396 g/mol. The summed E-state index contributed by atoms with van der Waals surface area (Å²) in [6, 6.07) is 6.77. The molecule has 0 saturated carbocycles. The van der Waals surface area contributed by atoms with E-state index in [-0.39, 0.29) is 28.8 Å². The highest BCUT2D eigenvalue weighted by molar-refractivity contribution is 6.30. The molecule has 0 spiro atoms. The minimum atomic E-state index is -3.33. The first kappa shape index (κ1) is 18.8. The predicted molar refractivity (Wildman–Crippen MR) is 93.5 cm³/mol. The summed E-state index contributed by atoms with van der Waals surface area (Å²) in [4.78, 5) is 25.7. The zero-order valence-corrected chi connectivity index (χ0v) is 14.5. The van der Waals surface area contributed by atoms with Gasteiger partial charge in [0.1, 0.15) is 16.7 Å². The van der Waals surface area contributed by atoms with Crippen LogP contribution in [0.3, 0.4) is 0 Å². The molecule has 0 atom stereocenters. The number of pyridine rings is 2. The zero-order chi connectivity index (χ0) is 19.4. The van der Waals surface area contributed by atoms with Crippen molar-refractivity contribution in [1.29, 1.82) is 0 Å². The van der Waals surface area contributed by atoms with Crippen LogP contribution >= 0.6 is 11.6 Å². The van der Waals surface area contributed by atoms with E-state index in [2.05, 4.69) is 25.3 Å². The fraction of sp³-hybridized carbons (Fsp3) is 0.176. The van der Waals surface area contributed by atoms with Gasteiger partial charge < -0.3 is 10.3 Å². The van der Waals surface area contributed by atoms with Crippen LogP contribution in [0.1, 0.15) is 17.1 Å². The van der Waals surface area contributed by atoms with Crippen LogP contribution in [-0.2, 0) is 12.3 Å². The van der Waals surface area contributed by atoms with E-state index in [0.717, 1.165) is 0 Å². The first-order valence-electron chi connectivity index (χ1n) is 7.78. The third-order valence-electron chi connectivity index (χ3n) is 3.63. The summed E-state index contributed by atoms with van der Waals surface area (Å²) in [5, 5.41) is 2.18. The predicted octanol–water partition coefficient (Wildman–Crippen LogP) is 3.15. The number of nitrogens with one attached hydrogen (secondary N) is 2. The third-order valence-corrected chi connectivity index (χ3v) is 3.94. The number of alkyl halides is 2. The van der Waals surface area contributed by atoms with Crippen LogP contribution in [0.25, 0.3) is 0 Å². The van der Waals surface area contributed by atoms with E-state index in [9.17, 15) is 18.0 Å². The van der Waals surface area contributed by atoms with Gasteiger partial charge in [0.25, 0.3) is 5.56 Å². The molecule has 2 N–H and O–H groups in total. The van der Waals surface area contributed by atoms with Crippen LogP contribution in [-0.4, -0.2) is 26.5 Å². The van der Waals surface area contributed by atoms with E-state index >= 15 is 0 Å². The van der Waals surface area contributed by atoms with Gasteiger partial charge in [0.2, 0.25) is 0 Å². The number of halogens is 4. The maximum Gasteiger partial charge on any atom is 0.306 e. The molecular formula is C17H13ClF3N5O. The van der Waals surface area contributed by atoms with Crippen molar-refractivity contribution in [2.75, 3.05) is 11.9 Å². The standard InChI is InChI=1S/C17H13ClF3N5O/c18-14-12(8-11-10(19)4-3-7-22-11)25-15(16(27)26-14)24-9-17(20,21)13-5-1-2-6-23-13/h1-7H,8-9H2,(H,24,25)(H,26,27). The second-order valence-corrected chi connectivity index (χ2v) is 5.93. The summed E-state index contributed by atoms with van der Waals surface area (Å²) in [5.41, 5.74) is -1.07. The lowest BCUT2D eigenvalue weighted by molar-refractivity contribution is 0.00589. The van der Waals surface area contributed by atoms with Crippen molar-refractivity contribution in [3.63, 3.8) is 0 Å². The molecule has 0 aromatic carbocycles. The highest BCUT2D eigenvalue weighted by Gasteiger charge is 2.33. The van der Waals surface area contributed by atoms with Crippen molar-refractivity contribution >= 4 is 17.4 Å². The lowest BCUT2D eigenvalue weighted by Crippen LogP contribution is -2.29. The molecule has 0 amide bonds. The smallest absolute Gasteiger partial charge is 0.306 e. The summed E-state index contributed by atoms with van der Waals surface area (Å²) in [7, 11) is 0. The Morgan fingerprint density at radius 3 is 2.59 bits per heavy atom. The van der Waals surface area contributed by atoms with Gasteiger partial charge in [-0.2, -0.15) is 8.78 Å². The van der Waals surface area contributed by atoms with Crippen LogP contribution < -0.4 is 10.9 Å². The fourth-order valence-electron chi connectivity index (χ4n) is 2.27. The number of hydrogen-bond acceptors (Lipinski definition) is 5. The van der Waals surface area contributed by atoms with Gasteiger partial charge in [0.15, 0.2) is 5.82 Å². The van der Waals surface area contributed by atoms with Crippen molar-refractivity contribution in [3.8, 4) is 0 Å². The number of aromatic amines is 1. The molecule has 140 valence electrons. The van der Waals surface area contributed by atoms with Crippen molar-refractivity contribution in [2.45, 2.75) is 12.3 Å². The normalized spacial score (nSPS) is 11.4. The van der Waals surface area contributed by atoms with Gasteiger partial charge >= 0.3 is 5.92 Å². The fourth-order valence-corrected chi connectivity index (χ4v) is 2.47. The molecule has 3 heterocycles. The number of nitrogens with zero attached hydrogens (tertiary/aromatic N) is 3. The topological polar surface area (TPSA) is 83.6 Å². The van der Waals surface area contributed by atoms with Gasteiger partial charge in [0.05, 0.1) is 17.9 Å². The summed E-state index contributed by atoms with van der Waals surface area (Å²) in [5.74, 6) is -4.26. The average Bonchev–Trinajstić information content (AvgIpc) is 2.65. The third kappa shape index (κ3) is 4.43. The highest BCUT2D eigenvalue weighted by atomic mass is 35.5. The van der Waals surface area contributed by atoms with E-state index < -0.39 is 29.5 Å². The molecule has 27 heavy (non-hydrogen) atoms. The van der Waals surface area contributed by atoms with Gasteiger partial charge in [-0.1, -0.05) is 17.7 Å². The van der Waals surface area contributed by atoms with Gasteiger partial charge in [0, 0.05) is 18.8 Å². The molecule has 3 rings (SSSR count). The minimum Gasteiger partial charge on any atom is -0.359 e. The van der Waals surface area contributed by atoms with Crippen LogP contribution in [0.15, 0.2) is 47.5 Å². The Hall–Kier alpha value is -2.94. The number of hydrogen-bond donors (Lipinski definition) is 2. The molecule has 0 fully saturated rings. The van der Waals surface area contributed by atoms with Gasteiger partial charge in [-0.05, 0) is 24.3 Å². The molecule has 0 aliphatic rings. The van der Waals surface area contributed by atoms with Crippen LogP contribution in [0.4, 0.5) is 19.0 Å². The molecule has 10 heteroatoms. The summed E-state index contributed by atoms with van der Waals surface area (Å²) >= 11 is 5.94. The Labute approximate surface area is 156 Å². The van der Waals surface area contributed by atoms with Crippen molar-refractivity contribution in [3.05, 3.63) is 81.1 Å². The number of aromatic nitrogens is 4. The molecular weight excluding hydrogens is 383 g/mol. The second kappa shape index (κ2) is 7.75. The van der Waals surface area contributed by atoms with E-state index in [0.29, 0.717) is 0 Å². The van der Waals surface area contributed by atoms with Gasteiger partial charge in [-0.25, -0.2) is 9.37 Å². The highest BCUT2D eigenvalue weighted by Crippen LogP contribution is 2.26. The molecule has 0 radical (unpaired) electrons. The largest absolute Gasteiger partial charge is 0.359 e. The zero-order valence-electron chi connectivity index (χ0n) is 13.7. The van der Waals surface area contributed by atoms with Crippen LogP contribution in [0.2, 0.25) is 5.15 Å². The van der Waals surface area contributed by atoms with Gasteiger partial charge in [-0.15, -0.1) is 0 Å². The molecule has 0 saturated heterocycles. The SMILES string of the molecule is O=c1[nH]c(Cl)c(Cc2ncccc2F)nc1NCC(F)(F)c1ccccn1. The van der Waals surface area contributed by atoms with Crippen LogP contribution in [0.5, 0.6) is 0 Å². The molecule has 0 aliphatic carbocycles. The lowest BCUT2D eigenvalue weighted by atomic mass is 10.2. The maximum atomic E-state index is 14.2. The van der Waals surface area contributed by atoms with E-state index in [1.807, 2.05) is 0 Å². The first-order chi connectivity index (χ1) is 12.9. The van der Waals surface area contributed by atoms with Crippen molar-refractivity contribution in [2.24, 2.45) is 0 Å². The quantitative estimate of drug-likeness (QED) is 0.670. The number of anilines is 1. The summed E-state index contributed by atoms with van der Waals surface area (Å²) < 4.78 is 42.2.